The third kappa shape index (κ3) is 3.67. The van der Waals surface area contributed by atoms with Crippen molar-refractivity contribution in [3.63, 3.8) is 0 Å². The minimum Gasteiger partial charge on any atom is -0.414 e. The summed E-state index contributed by atoms with van der Waals surface area (Å²) in [4.78, 5) is 12.3. The zero-order valence-electron chi connectivity index (χ0n) is 13.3. The molecular weight excluding hydrogens is 266 g/mol. The van der Waals surface area contributed by atoms with Gasteiger partial charge in [-0.2, -0.15) is 4.79 Å². The van der Waals surface area contributed by atoms with Crippen molar-refractivity contribution in [2.75, 3.05) is 21.1 Å². The predicted octanol–water partition coefficient (Wildman–Crippen LogP) is 2.77. The van der Waals surface area contributed by atoms with Crippen molar-refractivity contribution in [3.05, 3.63) is 0 Å². The first-order chi connectivity index (χ1) is 8.92. The van der Waals surface area contributed by atoms with Gasteiger partial charge in [0.1, 0.15) is 17.7 Å². The summed E-state index contributed by atoms with van der Waals surface area (Å²) in [6.45, 7) is 5.32. The molecule has 0 heterocycles. The number of amides is 1. The maximum absolute atomic E-state index is 14.0. The number of nitrogens with one attached hydrogen (secondary N) is 1. The fourth-order valence-electron chi connectivity index (χ4n) is 2.76. The van der Waals surface area contributed by atoms with Crippen LogP contribution in [0, 0.1) is 0 Å². The van der Waals surface area contributed by atoms with E-state index in [-0.39, 0.29) is 10.9 Å². The molecule has 1 fully saturated rings. The average molecular weight is 293 g/mol. The first kappa shape index (κ1) is 17.3. The summed E-state index contributed by atoms with van der Waals surface area (Å²) < 4.78 is 33.2. The van der Waals surface area contributed by atoms with Crippen molar-refractivity contribution in [2.24, 2.45) is 0 Å². The minimum atomic E-state index is -2.80. The number of rotatable bonds is 2. The van der Waals surface area contributed by atoms with Crippen LogP contribution in [0.4, 0.5) is 13.6 Å². The van der Waals surface area contributed by atoms with E-state index in [0.29, 0.717) is 12.8 Å². The quantitative estimate of drug-likeness (QED) is 0.796. The average Bonchev–Trinajstić information content (AvgIpc) is 2.24. The zero-order valence-corrected chi connectivity index (χ0v) is 13.3. The number of nitrogens with zero attached hydrogens (tertiary/aromatic N) is 1. The number of likely N-dealkylation sites (N-methyl/N-ethyl adjacent to an activating group) is 2. The molecule has 0 aliphatic heterocycles. The van der Waals surface area contributed by atoms with E-state index in [4.69, 9.17) is 4.74 Å². The molecule has 1 saturated carbocycles. The first-order valence-corrected chi connectivity index (χ1v) is 7.04. The smallest absolute Gasteiger partial charge is 0.414 e. The van der Waals surface area contributed by atoms with Gasteiger partial charge in [-0.15, -0.1) is 0 Å². The van der Waals surface area contributed by atoms with Crippen molar-refractivity contribution >= 4 is 6.09 Å². The Balaban J connectivity index is 2.97. The molecule has 2 unspecified atom stereocenters. The molecule has 2 atom stereocenters. The second kappa shape index (κ2) is 5.56. The number of quaternary nitrogens is 1. The van der Waals surface area contributed by atoms with Gasteiger partial charge in [0, 0.05) is 12.8 Å². The van der Waals surface area contributed by atoms with Crippen LogP contribution in [0.1, 0.15) is 40.0 Å². The number of alkyl halides is 2. The van der Waals surface area contributed by atoms with Crippen molar-refractivity contribution in [2.45, 2.75) is 63.6 Å². The highest BCUT2D eigenvalue weighted by molar-refractivity contribution is 5.60. The van der Waals surface area contributed by atoms with E-state index >= 15 is 0 Å². The van der Waals surface area contributed by atoms with E-state index in [0.717, 1.165) is 0 Å². The van der Waals surface area contributed by atoms with Gasteiger partial charge in [-0.3, -0.25) is 0 Å². The summed E-state index contributed by atoms with van der Waals surface area (Å²) in [7, 11) is 4.81. The zero-order chi connectivity index (χ0) is 15.8. The van der Waals surface area contributed by atoms with Gasteiger partial charge in [-0.05, 0) is 34.2 Å². The molecule has 1 amide bonds. The number of carbonyl (C=O) groups excluding carboxylic acids is 1. The van der Waals surface area contributed by atoms with Crippen LogP contribution in [0.2, 0.25) is 0 Å². The monoisotopic (exact) mass is 293 g/mol. The lowest BCUT2D eigenvalue weighted by molar-refractivity contribution is -0.849. The largest absolute Gasteiger partial charge is 0.516 e. The molecule has 4 nitrogen and oxygen atoms in total. The third-order valence-electron chi connectivity index (χ3n) is 3.85. The highest BCUT2D eigenvalue weighted by Crippen LogP contribution is 2.37. The molecule has 1 aliphatic rings. The van der Waals surface area contributed by atoms with Crippen molar-refractivity contribution in [1.29, 1.82) is 0 Å². The van der Waals surface area contributed by atoms with E-state index < -0.39 is 29.7 Å². The maximum atomic E-state index is 14.0. The van der Waals surface area contributed by atoms with E-state index in [9.17, 15) is 13.6 Å². The molecule has 118 valence electrons. The molecule has 0 bridgehead atoms. The van der Waals surface area contributed by atoms with Gasteiger partial charge in [0.2, 0.25) is 0 Å². The van der Waals surface area contributed by atoms with Gasteiger partial charge in [0.15, 0.2) is 0 Å². The number of ether oxygens (including phenoxy) is 1. The highest BCUT2D eigenvalue weighted by Gasteiger charge is 2.55. The maximum Gasteiger partial charge on any atom is 0.516 e. The predicted molar refractivity (Wildman–Crippen MR) is 73.8 cm³/mol. The molecule has 1 rings (SSSR count). The van der Waals surface area contributed by atoms with E-state index in [1.54, 1.807) is 34.9 Å². The van der Waals surface area contributed by atoms with Crippen LogP contribution < -0.4 is 5.32 Å². The Morgan fingerprint density at radius 1 is 1.35 bits per heavy atom. The second-order valence-corrected chi connectivity index (χ2v) is 7.01. The Bertz CT molecular complexity index is 365. The van der Waals surface area contributed by atoms with Crippen LogP contribution >= 0.6 is 0 Å². The summed E-state index contributed by atoms with van der Waals surface area (Å²) in [5, 5.41) is 2.69. The van der Waals surface area contributed by atoms with E-state index in [1.807, 2.05) is 0 Å². The summed E-state index contributed by atoms with van der Waals surface area (Å²) in [6, 6.07) is -1.52. The highest BCUT2D eigenvalue weighted by atomic mass is 19.3. The molecule has 6 heteroatoms. The first-order valence-electron chi connectivity index (χ1n) is 7.04. The van der Waals surface area contributed by atoms with Gasteiger partial charge >= 0.3 is 6.09 Å². The molecule has 0 spiro atoms. The van der Waals surface area contributed by atoms with Crippen LogP contribution in [-0.2, 0) is 4.74 Å². The fourth-order valence-corrected chi connectivity index (χ4v) is 2.76. The molecule has 0 radical (unpaired) electrons. The summed E-state index contributed by atoms with van der Waals surface area (Å²) in [5.74, 6) is -2.80. The molecule has 1 N–H and O–H groups in total. The van der Waals surface area contributed by atoms with Gasteiger partial charge in [0.25, 0.3) is 5.92 Å². The lowest BCUT2D eigenvalue weighted by Crippen LogP contribution is -2.67. The van der Waals surface area contributed by atoms with Crippen LogP contribution in [0.5, 0.6) is 0 Å². The number of hydrogen-bond acceptors (Lipinski definition) is 3. The third-order valence-corrected chi connectivity index (χ3v) is 3.85. The molecule has 0 saturated heterocycles. The number of hydrogen-bond donors (Lipinski definition) is 1. The molecule has 20 heavy (non-hydrogen) atoms. The van der Waals surface area contributed by atoms with Crippen LogP contribution in [0.15, 0.2) is 0 Å². The standard InChI is InChI=1S/C14H27F2N2O2/c1-13(2,3)20-12(19)18(5,6)10-8-7-9-14(15,16)11(10)17-4/h10-11,17H,7-9H2,1-6H3/q+1. The summed E-state index contributed by atoms with van der Waals surface area (Å²) in [6.07, 6.45) is 0.386. The lowest BCUT2D eigenvalue weighted by atomic mass is 9.85. The van der Waals surface area contributed by atoms with Crippen LogP contribution in [0.3, 0.4) is 0 Å². The Hall–Kier alpha value is -0.750. The Morgan fingerprint density at radius 2 is 1.90 bits per heavy atom. The van der Waals surface area contributed by atoms with Crippen LogP contribution in [-0.4, -0.2) is 55.3 Å². The Morgan fingerprint density at radius 3 is 2.35 bits per heavy atom. The fraction of sp³-hybridized carbons (Fsp3) is 0.929. The molecular formula is C14H27F2N2O2+. The summed E-state index contributed by atoms with van der Waals surface area (Å²) >= 11 is 0. The van der Waals surface area contributed by atoms with Crippen LogP contribution in [0.25, 0.3) is 0 Å². The molecule has 0 aromatic rings. The number of carbonyl (C=O) groups is 1. The van der Waals surface area contributed by atoms with Crippen molar-refractivity contribution in [1.82, 2.24) is 5.32 Å². The van der Waals surface area contributed by atoms with Crippen molar-refractivity contribution in [3.8, 4) is 0 Å². The van der Waals surface area contributed by atoms with Crippen molar-refractivity contribution < 1.29 is 22.8 Å². The minimum absolute atomic E-state index is 0.136. The lowest BCUT2D eigenvalue weighted by Gasteiger charge is -2.44. The van der Waals surface area contributed by atoms with Gasteiger partial charge < -0.3 is 10.1 Å². The number of halogens is 2. The summed E-state index contributed by atoms with van der Waals surface area (Å²) in [5.41, 5.74) is -0.626. The van der Waals surface area contributed by atoms with E-state index in [2.05, 4.69) is 5.32 Å². The molecule has 0 aromatic carbocycles. The SMILES string of the molecule is CNC1C([N+](C)(C)C(=O)OC(C)(C)C)CCCC1(F)F. The second-order valence-electron chi connectivity index (χ2n) is 7.01. The van der Waals surface area contributed by atoms with Gasteiger partial charge in [-0.25, -0.2) is 13.3 Å². The molecule has 1 aliphatic carbocycles. The van der Waals surface area contributed by atoms with Gasteiger partial charge in [0.05, 0.1) is 14.1 Å². The topological polar surface area (TPSA) is 38.3 Å². The normalized spacial score (nSPS) is 27.2. The Kier molecular flexibility index (Phi) is 4.81. The molecule has 0 aromatic heterocycles. The Labute approximate surface area is 120 Å². The van der Waals surface area contributed by atoms with Gasteiger partial charge in [-0.1, -0.05) is 0 Å². The van der Waals surface area contributed by atoms with E-state index in [1.165, 1.54) is 7.05 Å².